The molecule has 132 valence electrons. The third-order valence-corrected chi connectivity index (χ3v) is 3.86. The third-order valence-electron chi connectivity index (χ3n) is 3.66. The van der Waals surface area contributed by atoms with E-state index in [1.165, 1.54) is 12.1 Å². The highest BCUT2D eigenvalue weighted by Crippen LogP contribution is 2.14. The molecule has 7 heteroatoms. The smallest absolute Gasteiger partial charge is 0.193 e. The molecule has 0 radical (unpaired) electrons. The lowest BCUT2D eigenvalue weighted by Gasteiger charge is -2.22. The van der Waals surface area contributed by atoms with Crippen molar-refractivity contribution >= 4 is 41.5 Å². The van der Waals surface area contributed by atoms with E-state index in [9.17, 15) is 4.39 Å². The number of guanidine groups is 1. The molecule has 2 rings (SSSR count). The molecular weight excluding hydrogens is 442 g/mol. The van der Waals surface area contributed by atoms with Crippen molar-refractivity contribution in [3.63, 3.8) is 0 Å². The summed E-state index contributed by atoms with van der Waals surface area (Å²) in [7, 11) is 5.71. The number of aromatic nitrogens is 1. The molecule has 0 saturated heterocycles. The molecule has 0 fully saturated rings. The summed E-state index contributed by atoms with van der Waals surface area (Å²) in [5.74, 6) is 0.600. The third kappa shape index (κ3) is 5.98. The minimum atomic E-state index is -0.210. The number of rotatable bonds is 5. The van der Waals surface area contributed by atoms with Crippen LogP contribution in [0.3, 0.4) is 0 Å². The first-order valence-corrected chi connectivity index (χ1v) is 7.84. The van der Waals surface area contributed by atoms with E-state index in [1.807, 2.05) is 35.8 Å². The van der Waals surface area contributed by atoms with Crippen LogP contribution in [0.5, 0.6) is 0 Å². The number of halogens is 3. The van der Waals surface area contributed by atoms with Gasteiger partial charge in [-0.2, -0.15) is 0 Å². The predicted octanol–water partition coefficient (Wildman–Crippen LogP) is 3.69. The van der Waals surface area contributed by atoms with Crippen LogP contribution in [-0.2, 0) is 20.0 Å². The lowest BCUT2D eigenvalue weighted by atomic mass is 10.1. The fourth-order valence-corrected chi connectivity index (χ4v) is 2.67. The van der Waals surface area contributed by atoms with Gasteiger partial charge in [0.25, 0.3) is 0 Å². The highest BCUT2D eigenvalue weighted by atomic mass is 127. The van der Waals surface area contributed by atoms with E-state index < -0.39 is 0 Å². The van der Waals surface area contributed by atoms with E-state index in [4.69, 9.17) is 11.6 Å². The van der Waals surface area contributed by atoms with Crippen molar-refractivity contribution in [2.75, 3.05) is 20.6 Å². The fourth-order valence-electron chi connectivity index (χ4n) is 2.40. The maximum Gasteiger partial charge on any atom is 0.193 e. The quantitative estimate of drug-likeness (QED) is 0.416. The minimum Gasteiger partial charge on any atom is -0.356 e. The number of benzene rings is 1. The molecule has 1 heterocycles. The number of nitrogens with one attached hydrogen (secondary N) is 1. The molecule has 1 aromatic heterocycles. The summed E-state index contributed by atoms with van der Waals surface area (Å²) >= 11 is 6.01. The van der Waals surface area contributed by atoms with Crippen LogP contribution in [0.2, 0.25) is 5.02 Å². The SMILES string of the molecule is CN=C(NCCc1ccc(F)cc1)N(C)Cc1cc(Cl)cn1C.I. The van der Waals surface area contributed by atoms with Gasteiger partial charge in [-0.3, -0.25) is 4.99 Å². The number of aryl methyl sites for hydroxylation is 1. The fraction of sp³-hybridized carbons (Fsp3) is 0.353. The summed E-state index contributed by atoms with van der Waals surface area (Å²) in [5.41, 5.74) is 2.20. The molecule has 0 bridgehead atoms. The lowest BCUT2D eigenvalue weighted by Crippen LogP contribution is -2.39. The van der Waals surface area contributed by atoms with Crippen molar-refractivity contribution in [2.45, 2.75) is 13.0 Å². The molecule has 0 aliphatic carbocycles. The van der Waals surface area contributed by atoms with Gasteiger partial charge >= 0.3 is 0 Å². The zero-order valence-corrected chi connectivity index (χ0v) is 17.2. The second-order valence-corrected chi connectivity index (χ2v) is 5.90. The van der Waals surface area contributed by atoms with Gasteiger partial charge in [0, 0.05) is 39.6 Å². The zero-order chi connectivity index (χ0) is 16.8. The van der Waals surface area contributed by atoms with Crippen LogP contribution in [0.25, 0.3) is 0 Å². The average Bonchev–Trinajstić information content (AvgIpc) is 2.83. The zero-order valence-electron chi connectivity index (χ0n) is 14.1. The second kappa shape index (κ2) is 9.88. The Morgan fingerprint density at radius 3 is 2.54 bits per heavy atom. The van der Waals surface area contributed by atoms with E-state index in [0.717, 1.165) is 35.2 Å². The van der Waals surface area contributed by atoms with Gasteiger partial charge in [0.05, 0.1) is 11.6 Å². The Balaban J connectivity index is 0.00000288. The Morgan fingerprint density at radius 2 is 2.00 bits per heavy atom. The van der Waals surface area contributed by atoms with Gasteiger partial charge in [-0.25, -0.2) is 4.39 Å². The first kappa shape index (κ1) is 20.8. The Bertz CT molecular complexity index is 670. The van der Waals surface area contributed by atoms with Crippen molar-refractivity contribution in [3.8, 4) is 0 Å². The highest BCUT2D eigenvalue weighted by molar-refractivity contribution is 14.0. The normalized spacial score (nSPS) is 11.1. The first-order valence-electron chi connectivity index (χ1n) is 7.46. The number of nitrogens with zero attached hydrogens (tertiary/aromatic N) is 3. The van der Waals surface area contributed by atoms with Crippen LogP contribution < -0.4 is 5.32 Å². The maximum absolute atomic E-state index is 12.9. The summed E-state index contributed by atoms with van der Waals surface area (Å²) in [6.07, 6.45) is 2.69. The van der Waals surface area contributed by atoms with Crippen molar-refractivity contribution in [3.05, 3.63) is 58.6 Å². The number of aliphatic imine (C=N–C) groups is 1. The molecule has 0 spiro atoms. The van der Waals surface area contributed by atoms with Crippen LogP contribution in [0, 0.1) is 5.82 Å². The Kier molecular flexibility index (Phi) is 8.55. The lowest BCUT2D eigenvalue weighted by molar-refractivity contribution is 0.462. The van der Waals surface area contributed by atoms with Gasteiger partial charge in [0.1, 0.15) is 5.82 Å². The molecule has 0 aliphatic heterocycles. The van der Waals surface area contributed by atoms with Crippen molar-refractivity contribution in [2.24, 2.45) is 12.0 Å². The average molecular weight is 465 g/mol. The molecule has 1 N–H and O–H groups in total. The summed E-state index contributed by atoms with van der Waals surface area (Å²) in [4.78, 5) is 6.33. The van der Waals surface area contributed by atoms with Crippen molar-refractivity contribution < 1.29 is 4.39 Å². The minimum absolute atomic E-state index is 0. The number of hydrogen-bond acceptors (Lipinski definition) is 1. The molecule has 2 aromatic rings. The van der Waals surface area contributed by atoms with E-state index >= 15 is 0 Å². The largest absolute Gasteiger partial charge is 0.356 e. The van der Waals surface area contributed by atoms with Crippen molar-refractivity contribution in [1.82, 2.24) is 14.8 Å². The van der Waals surface area contributed by atoms with Gasteiger partial charge in [0.15, 0.2) is 5.96 Å². The maximum atomic E-state index is 12.9. The topological polar surface area (TPSA) is 32.6 Å². The molecule has 0 saturated carbocycles. The van der Waals surface area contributed by atoms with Crippen LogP contribution in [0.4, 0.5) is 4.39 Å². The monoisotopic (exact) mass is 464 g/mol. The van der Waals surface area contributed by atoms with Gasteiger partial charge in [-0.05, 0) is 30.2 Å². The van der Waals surface area contributed by atoms with Crippen LogP contribution >= 0.6 is 35.6 Å². The molecule has 0 atom stereocenters. The van der Waals surface area contributed by atoms with E-state index in [2.05, 4.69) is 10.3 Å². The Labute approximate surface area is 164 Å². The Morgan fingerprint density at radius 1 is 1.33 bits per heavy atom. The van der Waals surface area contributed by atoms with Gasteiger partial charge in [-0.15, -0.1) is 24.0 Å². The standard InChI is InChI=1S/C17H22ClFN4.HI/c1-20-17(21-9-8-13-4-6-15(19)7-5-13)23(3)12-16-10-14(18)11-22(16)2;/h4-7,10-11H,8-9,12H2,1-3H3,(H,20,21);1H. The predicted molar refractivity (Wildman–Crippen MR) is 109 cm³/mol. The molecule has 0 aliphatic rings. The van der Waals surface area contributed by atoms with Crippen molar-refractivity contribution in [1.29, 1.82) is 0 Å². The van der Waals surface area contributed by atoms with E-state index in [0.29, 0.717) is 6.54 Å². The highest BCUT2D eigenvalue weighted by Gasteiger charge is 2.09. The molecule has 0 amide bonds. The first-order chi connectivity index (χ1) is 11.0. The summed E-state index contributed by atoms with van der Waals surface area (Å²) in [6.45, 7) is 1.44. The molecule has 1 aromatic carbocycles. The van der Waals surface area contributed by atoms with Crippen LogP contribution in [0.1, 0.15) is 11.3 Å². The van der Waals surface area contributed by atoms with Gasteiger partial charge < -0.3 is 14.8 Å². The van der Waals surface area contributed by atoms with Gasteiger partial charge in [-0.1, -0.05) is 23.7 Å². The Hall–Kier alpha value is -1.28. The van der Waals surface area contributed by atoms with Gasteiger partial charge in [0.2, 0.25) is 0 Å². The van der Waals surface area contributed by atoms with Crippen LogP contribution in [0.15, 0.2) is 41.5 Å². The van der Waals surface area contributed by atoms with E-state index in [1.54, 1.807) is 19.2 Å². The van der Waals surface area contributed by atoms with E-state index in [-0.39, 0.29) is 29.8 Å². The summed E-state index contributed by atoms with van der Waals surface area (Å²) < 4.78 is 14.9. The molecule has 24 heavy (non-hydrogen) atoms. The summed E-state index contributed by atoms with van der Waals surface area (Å²) in [5, 5.41) is 4.05. The molecule has 0 unspecified atom stereocenters. The summed E-state index contributed by atoms with van der Waals surface area (Å²) in [6, 6.07) is 8.51. The molecule has 4 nitrogen and oxygen atoms in total. The number of hydrogen-bond donors (Lipinski definition) is 1. The van der Waals surface area contributed by atoms with Crippen LogP contribution in [-0.4, -0.2) is 36.1 Å². The second-order valence-electron chi connectivity index (χ2n) is 5.47. The molecular formula is C17H23ClFIN4.